The second kappa shape index (κ2) is 4.89. The van der Waals surface area contributed by atoms with Gasteiger partial charge in [-0.3, -0.25) is 0 Å². The molecular weight excluding hydrogens is 242 g/mol. The Bertz CT molecular complexity index is 467. The van der Waals surface area contributed by atoms with E-state index in [1.54, 1.807) is 6.08 Å². The molecule has 1 aromatic carbocycles. The van der Waals surface area contributed by atoms with Crippen LogP contribution in [0.15, 0.2) is 53.2 Å². The highest BCUT2D eigenvalue weighted by molar-refractivity contribution is 7.80. The van der Waals surface area contributed by atoms with Gasteiger partial charge in [-0.1, -0.05) is 41.9 Å². The highest BCUT2D eigenvalue weighted by atomic mass is 35.5. The molecule has 0 spiro atoms. The number of rotatable bonds is 2. The predicted molar refractivity (Wildman–Crippen MR) is 69.1 cm³/mol. The lowest BCUT2D eigenvalue weighted by Crippen LogP contribution is -3.05. The summed E-state index contributed by atoms with van der Waals surface area (Å²) in [6.07, 6.45) is 3.77. The summed E-state index contributed by atoms with van der Waals surface area (Å²) in [6, 6.07) is 9.87. The molecule has 0 aromatic heterocycles. The molecule has 1 aromatic rings. The van der Waals surface area contributed by atoms with Crippen molar-refractivity contribution in [3.8, 4) is 0 Å². The first-order valence-corrected chi connectivity index (χ1v) is 5.66. The maximum absolute atomic E-state index is 11.5. The molecule has 1 aliphatic rings. The molecule has 0 amide bonds. The standard InChI is InChI=1S/C12H10ClNOS/c13-11-7-10(12(16)14(15)8-11)6-9-4-2-1-3-5-9/h1-5,7-8,14H,6H2. The number of quaternary nitrogens is 1. The molecule has 1 aliphatic heterocycles. The Kier molecular flexibility index (Phi) is 3.51. The molecule has 2 nitrogen and oxygen atoms in total. The summed E-state index contributed by atoms with van der Waals surface area (Å²) < 4.78 is 0. The number of hydroxylamine groups is 2. The van der Waals surface area contributed by atoms with Crippen molar-refractivity contribution in [1.29, 1.82) is 0 Å². The average Bonchev–Trinajstić information content (AvgIpc) is 2.27. The molecule has 2 rings (SSSR count). The number of benzene rings is 1. The van der Waals surface area contributed by atoms with Gasteiger partial charge in [0.1, 0.15) is 6.20 Å². The number of hydrogen-bond donors (Lipinski definition) is 1. The smallest absolute Gasteiger partial charge is 0.204 e. The Balaban J connectivity index is 2.22. The fourth-order valence-electron chi connectivity index (χ4n) is 1.57. The fraction of sp³-hybridized carbons (Fsp3) is 0.0833. The Morgan fingerprint density at radius 2 is 1.94 bits per heavy atom. The van der Waals surface area contributed by atoms with Gasteiger partial charge in [0.05, 0.1) is 5.03 Å². The Hall–Kier alpha value is -1.00. The normalized spacial score (nSPS) is 20.4. The maximum Gasteiger partial charge on any atom is 0.204 e. The van der Waals surface area contributed by atoms with Crippen LogP contribution in [0, 0.1) is 5.21 Å². The highest BCUT2D eigenvalue weighted by Crippen LogP contribution is 2.14. The van der Waals surface area contributed by atoms with E-state index in [9.17, 15) is 5.21 Å². The second-order valence-corrected chi connectivity index (χ2v) is 4.40. The number of halogens is 1. The van der Waals surface area contributed by atoms with Crippen LogP contribution in [0.3, 0.4) is 0 Å². The monoisotopic (exact) mass is 251 g/mol. The SMILES string of the molecule is [O-][NH+]1C=C(Cl)C=C(Cc2ccccc2)C1=S. The molecule has 0 bridgehead atoms. The molecule has 82 valence electrons. The zero-order chi connectivity index (χ0) is 11.5. The van der Waals surface area contributed by atoms with E-state index in [4.69, 9.17) is 23.8 Å². The lowest BCUT2D eigenvalue weighted by atomic mass is 10.0. The molecule has 0 saturated heterocycles. The molecule has 0 saturated carbocycles. The molecular formula is C12H10ClNOS. The van der Waals surface area contributed by atoms with E-state index in [-0.39, 0.29) is 5.06 Å². The minimum absolute atomic E-state index is 0.173. The van der Waals surface area contributed by atoms with E-state index in [2.05, 4.69) is 0 Å². The Labute approximate surface area is 104 Å². The van der Waals surface area contributed by atoms with Crippen molar-refractivity contribution in [2.75, 3.05) is 0 Å². The molecule has 1 N–H and O–H groups in total. The molecule has 0 radical (unpaired) electrons. The quantitative estimate of drug-likeness (QED) is 0.643. The summed E-state index contributed by atoms with van der Waals surface area (Å²) >= 11 is 10.9. The molecule has 4 heteroatoms. The van der Waals surface area contributed by atoms with Gasteiger partial charge in [0, 0.05) is 12.0 Å². The molecule has 1 heterocycles. The van der Waals surface area contributed by atoms with Crippen molar-refractivity contribution < 1.29 is 5.06 Å². The Morgan fingerprint density at radius 3 is 2.62 bits per heavy atom. The topological polar surface area (TPSA) is 27.5 Å². The van der Waals surface area contributed by atoms with Gasteiger partial charge in [0.2, 0.25) is 4.99 Å². The minimum atomic E-state index is -0.173. The summed E-state index contributed by atoms with van der Waals surface area (Å²) in [5.74, 6) is 0. The summed E-state index contributed by atoms with van der Waals surface area (Å²) in [6.45, 7) is 0. The summed E-state index contributed by atoms with van der Waals surface area (Å²) in [4.78, 5) is 0.369. The number of hydrogen-bond acceptors (Lipinski definition) is 2. The van der Waals surface area contributed by atoms with Crippen molar-refractivity contribution in [2.24, 2.45) is 0 Å². The molecule has 16 heavy (non-hydrogen) atoms. The van der Waals surface area contributed by atoms with E-state index in [1.807, 2.05) is 30.3 Å². The predicted octanol–water partition coefficient (Wildman–Crippen LogP) is 1.96. The first-order chi connectivity index (χ1) is 7.66. The first-order valence-electron chi connectivity index (χ1n) is 4.87. The lowest BCUT2D eigenvalue weighted by Gasteiger charge is -2.23. The molecule has 1 atom stereocenters. The number of allylic oxidation sites excluding steroid dienone is 2. The van der Waals surface area contributed by atoms with Crippen molar-refractivity contribution >= 4 is 28.8 Å². The molecule has 0 fully saturated rings. The van der Waals surface area contributed by atoms with Crippen molar-refractivity contribution in [3.63, 3.8) is 0 Å². The van der Waals surface area contributed by atoms with Crippen LogP contribution >= 0.6 is 23.8 Å². The maximum atomic E-state index is 11.5. The Morgan fingerprint density at radius 1 is 1.25 bits per heavy atom. The van der Waals surface area contributed by atoms with E-state index < -0.39 is 0 Å². The highest BCUT2D eigenvalue weighted by Gasteiger charge is 2.17. The van der Waals surface area contributed by atoms with E-state index in [0.717, 1.165) is 11.1 Å². The number of nitrogens with one attached hydrogen (secondary N) is 1. The van der Waals surface area contributed by atoms with Gasteiger partial charge in [-0.2, -0.15) is 0 Å². The first kappa shape index (κ1) is 11.5. The van der Waals surface area contributed by atoms with Crippen molar-refractivity contribution in [1.82, 2.24) is 0 Å². The van der Waals surface area contributed by atoms with Gasteiger partial charge in [-0.15, -0.1) is 0 Å². The lowest BCUT2D eigenvalue weighted by molar-refractivity contribution is -0.680. The zero-order valence-electron chi connectivity index (χ0n) is 8.44. The van der Waals surface area contributed by atoms with Gasteiger partial charge < -0.3 is 10.3 Å². The van der Waals surface area contributed by atoms with Gasteiger partial charge in [0.15, 0.2) is 0 Å². The van der Waals surface area contributed by atoms with Crippen LogP contribution in [0.5, 0.6) is 0 Å². The summed E-state index contributed by atoms with van der Waals surface area (Å²) in [5.41, 5.74) is 1.94. The average molecular weight is 252 g/mol. The minimum Gasteiger partial charge on any atom is -0.623 e. The van der Waals surface area contributed by atoms with E-state index >= 15 is 0 Å². The largest absolute Gasteiger partial charge is 0.623 e. The van der Waals surface area contributed by atoms with Gasteiger partial charge >= 0.3 is 0 Å². The van der Waals surface area contributed by atoms with Crippen molar-refractivity contribution in [2.45, 2.75) is 6.42 Å². The van der Waals surface area contributed by atoms with E-state index in [0.29, 0.717) is 16.4 Å². The third kappa shape index (κ3) is 2.57. The van der Waals surface area contributed by atoms with Gasteiger partial charge in [0.25, 0.3) is 0 Å². The van der Waals surface area contributed by atoms with Crippen LogP contribution in [0.2, 0.25) is 0 Å². The third-order valence-corrected chi connectivity index (χ3v) is 3.02. The van der Waals surface area contributed by atoms with Crippen LogP contribution < -0.4 is 5.06 Å². The van der Waals surface area contributed by atoms with Crippen LogP contribution in [-0.4, -0.2) is 4.99 Å². The molecule has 1 unspecified atom stereocenters. The van der Waals surface area contributed by atoms with Crippen LogP contribution in [-0.2, 0) is 6.42 Å². The third-order valence-electron chi connectivity index (χ3n) is 2.33. The van der Waals surface area contributed by atoms with E-state index in [1.165, 1.54) is 6.20 Å². The number of thiocarbonyl (C=S) groups is 1. The van der Waals surface area contributed by atoms with Crippen LogP contribution in [0.4, 0.5) is 0 Å². The van der Waals surface area contributed by atoms with Crippen LogP contribution in [0.25, 0.3) is 0 Å². The fourth-order valence-corrected chi connectivity index (χ4v) is 1.99. The second-order valence-electron chi connectivity index (χ2n) is 3.55. The zero-order valence-corrected chi connectivity index (χ0v) is 10.0. The van der Waals surface area contributed by atoms with Gasteiger partial charge in [-0.25, -0.2) is 0 Å². The summed E-state index contributed by atoms with van der Waals surface area (Å²) in [5, 5.41) is 11.7. The van der Waals surface area contributed by atoms with Crippen molar-refractivity contribution in [3.05, 3.63) is 64.0 Å². The van der Waals surface area contributed by atoms with Crippen LogP contribution in [0.1, 0.15) is 5.56 Å². The molecule has 0 aliphatic carbocycles. The van der Waals surface area contributed by atoms with Gasteiger partial charge in [-0.05, 0) is 23.9 Å². The summed E-state index contributed by atoms with van der Waals surface area (Å²) in [7, 11) is 0.